The van der Waals surface area contributed by atoms with Crippen LogP contribution >= 0.6 is 0 Å². The Morgan fingerprint density at radius 3 is 2.95 bits per heavy atom. The second-order valence-electron chi connectivity index (χ2n) is 4.78. The molecule has 1 aromatic carbocycles. The number of aromatic nitrogens is 1. The molecule has 2 aromatic rings. The smallest absolute Gasteiger partial charge is 0.278 e. The molecule has 0 bridgehead atoms. The number of carbonyl (C=O) groups excluding carboxylic acids is 1. The molecule has 0 atom stereocenters. The Morgan fingerprint density at radius 2 is 2.21 bits per heavy atom. The maximum atomic E-state index is 12.3. The summed E-state index contributed by atoms with van der Waals surface area (Å²) in [7, 11) is 0. The number of benzene rings is 1. The predicted molar refractivity (Wildman–Crippen MR) is 72.5 cm³/mol. The third-order valence-electron chi connectivity index (χ3n) is 3.47. The van der Waals surface area contributed by atoms with E-state index in [1.807, 2.05) is 12.1 Å². The summed E-state index contributed by atoms with van der Waals surface area (Å²) in [6.07, 6.45) is 1.78. The minimum absolute atomic E-state index is 0.0287. The molecular weight excluding hydrogens is 244 g/mol. The summed E-state index contributed by atoms with van der Waals surface area (Å²) in [6, 6.07) is 5.59. The SMILES string of the molecule is CC(=O)Nc1c(O)c2cccc3c2n(c1=O)CCC3. The van der Waals surface area contributed by atoms with Crippen LogP contribution < -0.4 is 10.9 Å². The third kappa shape index (κ3) is 1.69. The fourth-order valence-electron chi connectivity index (χ4n) is 2.71. The molecule has 0 radical (unpaired) electrons. The second-order valence-corrected chi connectivity index (χ2v) is 4.78. The largest absolute Gasteiger partial charge is 0.505 e. The summed E-state index contributed by atoms with van der Waals surface area (Å²) in [5, 5.41) is 13.3. The highest BCUT2D eigenvalue weighted by atomic mass is 16.3. The van der Waals surface area contributed by atoms with Gasteiger partial charge in [0.05, 0.1) is 5.52 Å². The highest BCUT2D eigenvalue weighted by Gasteiger charge is 2.21. The molecule has 2 N–H and O–H groups in total. The van der Waals surface area contributed by atoms with Crippen LogP contribution in [0.1, 0.15) is 18.9 Å². The van der Waals surface area contributed by atoms with E-state index in [1.54, 1.807) is 10.6 Å². The quantitative estimate of drug-likeness (QED) is 0.816. The van der Waals surface area contributed by atoms with Gasteiger partial charge in [0.15, 0.2) is 11.4 Å². The molecule has 3 rings (SSSR count). The van der Waals surface area contributed by atoms with Crippen LogP contribution in [0.2, 0.25) is 0 Å². The fourth-order valence-corrected chi connectivity index (χ4v) is 2.71. The molecule has 19 heavy (non-hydrogen) atoms. The van der Waals surface area contributed by atoms with E-state index in [0.717, 1.165) is 23.9 Å². The van der Waals surface area contributed by atoms with Crippen LogP contribution in [0.5, 0.6) is 5.75 Å². The summed E-state index contributed by atoms with van der Waals surface area (Å²) in [5.41, 5.74) is 1.47. The first-order chi connectivity index (χ1) is 9.09. The van der Waals surface area contributed by atoms with Gasteiger partial charge in [0, 0.05) is 18.9 Å². The van der Waals surface area contributed by atoms with Crippen LogP contribution in [0, 0.1) is 0 Å². The van der Waals surface area contributed by atoms with Crippen LogP contribution in [0.4, 0.5) is 5.69 Å². The summed E-state index contributed by atoms with van der Waals surface area (Å²) in [5.74, 6) is -0.512. The first kappa shape index (κ1) is 11.8. The lowest BCUT2D eigenvalue weighted by atomic mass is 10.0. The maximum absolute atomic E-state index is 12.3. The van der Waals surface area contributed by atoms with Crippen molar-refractivity contribution in [2.24, 2.45) is 0 Å². The number of hydrogen-bond donors (Lipinski definition) is 2. The van der Waals surface area contributed by atoms with Gasteiger partial charge in [-0.25, -0.2) is 0 Å². The fraction of sp³-hybridized carbons (Fsp3) is 0.286. The molecule has 1 aliphatic heterocycles. The number of anilines is 1. The first-order valence-electron chi connectivity index (χ1n) is 6.24. The van der Waals surface area contributed by atoms with Crippen LogP contribution in [0.25, 0.3) is 10.9 Å². The van der Waals surface area contributed by atoms with E-state index in [9.17, 15) is 14.7 Å². The molecule has 5 nitrogen and oxygen atoms in total. The van der Waals surface area contributed by atoms with E-state index in [4.69, 9.17) is 0 Å². The standard InChI is InChI=1S/C14H14N2O3/c1-8(17)15-11-13(18)10-6-2-4-9-5-3-7-16(12(9)10)14(11)19/h2,4,6,18H,3,5,7H2,1H3,(H,15,17). The lowest BCUT2D eigenvalue weighted by molar-refractivity contribution is -0.114. The average Bonchev–Trinajstić information content (AvgIpc) is 2.40. The molecule has 0 fully saturated rings. The minimum atomic E-state index is -0.369. The minimum Gasteiger partial charge on any atom is -0.505 e. The highest BCUT2D eigenvalue weighted by molar-refractivity contribution is 5.98. The number of pyridine rings is 1. The van der Waals surface area contributed by atoms with E-state index in [1.165, 1.54) is 6.92 Å². The Hall–Kier alpha value is -2.30. The van der Waals surface area contributed by atoms with Crippen molar-refractivity contribution in [3.05, 3.63) is 34.1 Å². The van der Waals surface area contributed by atoms with E-state index in [-0.39, 0.29) is 22.9 Å². The van der Waals surface area contributed by atoms with Crippen molar-refractivity contribution in [2.75, 3.05) is 5.32 Å². The molecule has 0 aliphatic carbocycles. The Balaban J connectivity index is 2.43. The van der Waals surface area contributed by atoms with Gasteiger partial charge >= 0.3 is 0 Å². The number of carbonyl (C=O) groups is 1. The molecular formula is C14H14N2O3. The van der Waals surface area contributed by atoms with Crippen molar-refractivity contribution >= 4 is 22.5 Å². The van der Waals surface area contributed by atoms with E-state index < -0.39 is 0 Å². The van der Waals surface area contributed by atoms with Crippen molar-refractivity contribution in [3.8, 4) is 5.75 Å². The number of rotatable bonds is 1. The molecule has 0 spiro atoms. The van der Waals surface area contributed by atoms with E-state index >= 15 is 0 Å². The lowest BCUT2D eigenvalue weighted by Gasteiger charge is -2.21. The second kappa shape index (κ2) is 4.12. The number of nitrogens with zero attached hydrogens (tertiary/aromatic N) is 1. The predicted octanol–water partition coefficient (Wildman–Crippen LogP) is 1.61. The monoisotopic (exact) mass is 258 g/mol. The van der Waals surface area contributed by atoms with Crippen molar-refractivity contribution in [1.82, 2.24) is 4.57 Å². The zero-order valence-electron chi connectivity index (χ0n) is 10.6. The Bertz CT molecular complexity index is 746. The van der Waals surface area contributed by atoms with Gasteiger partial charge in [0.25, 0.3) is 5.56 Å². The Morgan fingerprint density at radius 1 is 1.42 bits per heavy atom. The van der Waals surface area contributed by atoms with Crippen molar-refractivity contribution in [3.63, 3.8) is 0 Å². The molecule has 1 amide bonds. The third-order valence-corrected chi connectivity index (χ3v) is 3.47. The highest BCUT2D eigenvalue weighted by Crippen LogP contribution is 2.33. The summed E-state index contributed by atoms with van der Waals surface area (Å²) < 4.78 is 1.64. The van der Waals surface area contributed by atoms with Gasteiger partial charge < -0.3 is 15.0 Å². The van der Waals surface area contributed by atoms with E-state index in [0.29, 0.717) is 11.9 Å². The zero-order valence-corrected chi connectivity index (χ0v) is 10.6. The number of nitrogens with one attached hydrogen (secondary N) is 1. The van der Waals surface area contributed by atoms with Crippen molar-refractivity contribution in [1.29, 1.82) is 0 Å². The summed E-state index contributed by atoms with van der Waals surface area (Å²) in [6.45, 7) is 1.93. The molecule has 0 unspecified atom stereocenters. The topological polar surface area (TPSA) is 71.3 Å². The van der Waals surface area contributed by atoms with Crippen LogP contribution in [0.3, 0.4) is 0 Å². The van der Waals surface area contributed by atoms with Gasteiger partial charge in [-0.05, 0) is 24.5 Å². The average molecular weight is 258 g/mol. The van der Waals surface area contributed by atoms with Gasteiger partial charge in [0.1, 0.15) is 0 Å². The number of aryl methyl sites for hydroxylation is 2. The number of para-hydroxylation sites is 1. The van der Waals surface area contributed by atoms with Gasteiger partial charge in [-0.15, -0.1) is 0 Å². The molecule has 0 saturated carbocycles. The number of aromatic hydroxyl groups is 1. The van der Waals surface area contributed by atoms with Gasteiger partial charge in [0.2, 0.25) is 5.91 Å². The normalized spacial score (nSPS) is 13.5. The first-order valence-corrected chi connectivity index (χ1v) is 6.24. The van der Waals surface area contributed by atoms with Crippen LogP contribution in [-0.2, 0) is 17.8 Å². The molecule has 98 valence electrons. The molecule has 0 saturated heterocycles. The molecule has 1 aliphatic rings. The van der Waals surface area contributed by atoms with Gasteiger partial charge in [-0.3, -0.25) is 9.59 Å². The van der Waals surface area contributed by atoms with Crippen molar-refractivity contribution < 1.29 is 9.90 Å². The van der Waals surface area contributed by atoms with Crippen molar-refractivity contribution in [2.45, 2.75) is 26.3 Å². The van der Waals surface area contributed by atoms with Gasteiger partial charge in [-0.2, -0.15) is 0 Å². The summed E-state index contributed by atoms with van der Waals surface area (Å²) >= 11 is 0. The zero-order chi connectivity index (χ0) is 13.6. The number of amides is 1. The van der Waals surface area contributed by atoms with Gasteiger partial charge in [-0.1, -0.05) is 12.1 Å². The molecule has 5 heteroatoms. The van der Waals surface area contributed by atoms with E-state index in [2.05, 4.69) is 5.32 Å². The Kier molecular flexibility index (Phi) is 2.55. The van der Waals surface area contributed by atoms with Crippen LogP contribution in [0.15, 0.2) is 23.0 Å². The maximum Gasteiger partial charge on any atom is 0.278 e. The lowest BCUT2D eigenvalue weighted by Crippen LogP contribution is -2.28. The molecule has 1 aromatic heterocycles. The number of hydrogen-bond acceptors (Lipinski definition) is 3. The Labute approximate surface area is 109 Å². The summed E-state index contributed by atoms with van der Waals surface area (Å²) in [4.78, 5) is 23.5. The van der Waals surface area contributed by atoms with Crippen LogP contribution in [-0.4, -0.2) is 15.6 Å². The molecule has 2 heterocycles.